The van der Waals surface area contributed by atoms with Gasteiger partial charge in [-0.25, -0.2) is 4.79 Å². The summed E-state index contributed by atoms with van der Waals surface area (Å²) in [6.45, 7) is 0. The molecule has 0 aromatic heterocycles. The smallest absolute Gasteiger partial charge is 0.336 e. The highest BCUT2D eigenvalue weighted by Crippen LogP contribution is 2.26. The summed E-state index contributed by atoms with van der Waals surface area (Å²) in [6.07, 6.45) is 0. The van der Waals surface area contributed by atoms with Gasteiger partial charge in [0.1, 0.15) is 0 Å². The number of carboxylic acid groups (broad SMARTS) is 1. The third-order valence-electron chi connectivity index (χ3n) is 3.54. The Balaban J connectivity index is 2.36. The van der Waals surface area contributed by atoms with E-state index in [2.05, 4.69) is 5.32 Å². The molecule has 0 heterocycles. The van der Waals surface area contributed by atoms with Crippen LogP contribution in [0, 0.1) is 0 Å². The minimum absolute atomic E-state index is 0.0112. The topological polar surface area (TPSA) is 66.4 Å². The number of benzene rings is 3. The molecular formula is C17H13NO3. The van der Waals surface area contributed by atoms with Gasteiger partial charge in [-0.2, -0.15) is 0 Å². The van der Waals surface area contributed by atoms with E-state index >= 15 is 0 Å². The number of fused-ring (bicyclic) bond motifs is 2. The van der Waals surface area contributed by atoms with Gasteiger partial charge >= 0.3 is 5.97 Å². The van der Waals surface area contributed by atoms with Gasteiger partial charge in [-0.3, -0.25) is 4.79 Å². The van der Waals surface area contributed by atoms with E-state index in [1.165, 1.54) is 7.05 Å². The maximum atomic E-state index is 11.9. The number of carbonyl (C=O) groups excluding carboxylic acids is 1. The summed E-state index contributed by atoms with van der Waals surface area (Å²) in [6, 6.07) is 14.9. The molecule has 0 atom stereocenters. The molecular weight excluding hydrogens is 266 g/mol. The third-order valence-corrected chi connectivity index (χ3v) is 3.54. The Morgan fingerprint density at radius 2 is 1.38 bits per heavy atom. The molecule has 3 aromatic carbocycles. The normalized spacial score (nSPS) is 10.7. The Morgan fingerprint density at radius 1 is 0.857 bits per heavy atom. The summed E-state index contributed by atoms with van der Waals surface area (Å²) >= 11 is 0. The summed E-state index contributed by atoms with van der Waals surface area (Å²) in [5.41, 5.74) is 0.185. The van der Waals surface area contributed by atoms with Crippen molar-refractivity contribution in [3.63, 3.8) is 0 Å². The monoisotopic (exact) mass is 279 g/mol. The van der Waals surface area contributed by atoms with E-state index in [4.69, 9.17) is 0 Å². The van der Waals surface area contributed by atoms with Crippen molar-refractivity contribution in [1.29, 1.82) is 0 Å². The van der Waals surface area contributed by atoms with E-state index in [-0.39, 0.29) is 11.1 Å². The summed E-state index contributed by atoms with van der Waals surface area (Å²) in [5.74, 6) is -1.51. The number of carbonyl (C=O) groups is 2. The largest absolute Gasteiger partial charge is 0.478 e. The van der Waals surface area contributed by atoms with Crippen LogP contribution >= 0.6 is 0 Å². The highest BCUT2D eigenvalue weighted by Gasteiger charge is 2.17. The average molecular weight is 279 g/mol. The van der Waals surface area contributed by atoms with Gasteiger partial charge in [0.05, 0.1) is 11.1 Å². The van der Waals surface area contributed by atoms with Crippen molar-refractivity contribution < 1.29 is 14.7 Å². The third kappa shape index (κ3) is 2.21. The van der Waals surface area contributed by atoms with Crippen molar-refractivity contribution in [2.24, 2.45) is 0 Å². The van der Waals surface area contributed by atoms with Crippen molar-refractivity contribution in [2.75, 3.05) is 7.05 Å². The predicted octanol–water partition coefficient (Wildman–Crippen LogP) is 3.05. The van der Waals surface area contributed by atoms with Crippen LogP contribution in [0.3, 0.4) is 0 Å². The predicted molar refractivity (Wildman–Crippen MR) is 81.8 cm³/mol. The van der Waals surface area contributed by atoms with Crippen molar-refractivity contribution in [3.8, 4) is 0 Å². The first-order valence-corrected chi connectivity index (χ1v) is 6.52. The summed E-state index contributed by atoms with van der Waals surface area (Å²) in [7, 11) is 1.48. The van der Waals surface area contributed by atoms with Crippen LogP contribution in [0.5, 0.6) is 0 Å². The van der Waals surface area contributed by atoms with Gasteiger partial charge in [0.15, 0.2) is 0 Å². The summed E-state index contributed by atoms with van der Waals surface area (Å²) in [5, 5.41) is 15.5. The number of amides is 1. The van der Waals surface area contributed by atoms with Crippen LogP contribution in [0.4, 0.5) is 0 Å². The maximum Gasteiger partial charge on any atom is 0.336 e. The van der Waals surface area contributed by atoms with Crippen LogP contribution in [0.1, 0.15) is 20.7 Å². The zero-order chi connectivity index (χ0) is 15.0. The Bertz CT molecular complexity index is 884. The lowest BCUT2D eigenvalue weighted by molar-refractivity contribution is 0.0691. The Morgan fingerprint density at radius 3 is 1.86 bits per heavy atom. The highest BCUT2D eigenvalue weighted by atomic mass is 16.4. The molecule has 104 valence electrons. The lowest BCUT2D eigenvalue weighted by Gasteiger charge is -2.09. The van der Waals surface area contributed by atoms with Gasteiger partial charge < -0.3 is 10.4 Å². The zero-order valence-electron chi connectivity index (χ0n) is 11.4. The molecule has 0 spiro atoms. The molecule has 0 radical (unpaired) electrons. The second-order valence-electron chi connectivity index (χ2n) is 4.83. The van der Waals surface area contributed by atoms with Crippen LogP contribution in [0.2, 0.25) is 0 Å². The standard InChI is InChI=1S/C17H13NO3/c1-18-16(19)14-8-12-6-10-4-2-3-5-11(10)7-13(12)9-15(14)17(20)21/h2-9H,1H3,(H,18,19)(H,20,21). The molecule has 1 amide bonds. The van der Waals surface area contributed by atoms with Crippen LogP contribution in [-0.2, 0) is 0 Å². The maximum absolute atomic E-state index is 11.9. The van der Waals surface area contributed by atoms with E-state index in [1.54, 1.807) is 12.1 Å². The number of nitrogens with one attached hydrogen (secondary N) is 1. The minimum Gasteiger partial charge on any atom is -0.478 e. The average Bonchev–Trinajstić information content (AvgIpc) is 2.50. The van der Waals surface area contributed by atoms with Gasteiger partial charge in [-0.05, 0) is 45.8 Å². The number of hydrogen-bond acceptors (Lipinski definition) is 2. The van der Waals surface area contributed by atoms with Crippen LogP contribution in [0.15, 0.2) is 48.5 Å². The molecule has 3 rings (SSSR count). The minimum atomic E-state index is -1.11. The van der Waals surface area contributed by atoms with Crippen molar-refractivity contribution >= 4 is 33.4 Å². The number of rotatable bonds is 2. The van der Waals surface area contributed by atoms with Crippen molar-refractivity contribution in [2.45, 2.75) is 0 Å². The van der Waals surface area contributed by atoms with Crippen molar-refractivity contribution in [3.05, 3.63) is 59.7 Å². The Kier molecular flexibility index (Phi) is 3.06. The SMILES string of the molecule is CNC(=O)c1cc2cc3ccccc3cc2cc1C(=O)O. The first-order valence-electron chi connectivity index (χ1n) is 6.52. The quantitative estimate of drug-likeness (QED) is 0.708. The Hall–Kier alpha value is -2.88. The van der Waals surface area contributed by atoms with Gasteiger partial charge in [-0.15, -0.1) is 0 Å². The molecule has 2 N–H and O–H groups in total. The zero-order valence-corrected chi connectivity index (χ0v) is 11.4. The fourth-order valence-electron chi connectivity index (χ4n) is 2.49. The lowest BCUT2D eigenvalue weighted by atomic mass is 9.97. The van der Waals surface area contributed by atoms with Gasteiger partial charge in [0.25, 0.3) is 5.91 Å². The summed E-state index contributed by atoms with van der Waals surface area (Å²) in [4.78, 5) is 23.2. The second-order valence-corrected chi connectivity index (χ2v) is 4.83. The lowest BCUT2D eigenvalue weighted by Crippen LogP contribution is -2.21. The molecule has 0 bridgehead atoms. The molecule has 21 heavy (non-hydrogen) atoms. The van der Waals surface area contributed by atoms with Crippen LogP contribution < -0.4 is 5.32 Å². The molecule has 0 fully saturated rings. The second kappa shape index (κ2) is 4.90. The van der Waals surface area contributed by atoms with E-state index in [1.807, 2.05) is 36.4 Å². The fraction of sp³-hybridized carbons (Fsp3) is 0.0588. The summed E-state index contributed by atoms with van der Waals surface area (Å²) < 4.78 is 0. The fourth-order valence-corrected chi connectivity index (χ4v) is 2.49. The van der Waals surface area contributed by atoms with E-state index < -0.39 is 11.9 Å². The number of carboxylic acids is 1. The molecule has 0 aliphatic carbocycles. The molecule has 0 aliphatic heterocycles. The highest BCUT2D eigenvalue weighted by molar-refractivity contribution is 6.10. The van der Waals surface area contributed by atoms with Crippen LogP contribution in [0.25, 0.3) is 21.5 Å². The molecule has 4 nitrogen and oxygen atoms in total. The number of aromatic carboxylic acids is 1. The number of hydrogen-bond donors (Lipinski definition) is 2. The molecule has 4 heteroatoms. The van der Waals surface area contributed by atoms with Crippen LogP contribution in [-0.4, -0.2) is 24.0 Å². The molecule has 3 aromatic rings. The van der Waals surface area contributed by atoms with Crippen molar-refractivity contribution in [1.82, 2.24) is 5.32 Å². The molecule has 0 saturated heterocycles. The first kappa shape index (κ1) is 13.1. The first-order chi connectivity index (χ1) is 10.1. The molecule has 0 saturated carbocycles. The molecule has 0 aliphatic rings. The van der Waals surface area contributed by atoms with E-state index in [0.29, 0.717) is 0 Å². The Labute approximate surface area is 121 Å². The van der Waals surface area contributed by atoms with Gasteiger partial charge in [0.2, 0.25) is 0 Å². The van der Waals surface area contributed by atoms with E-state index in [0.717, 1.165) is 21.5 Å². The van der Waals surface area contributed by atoms with E-state index in [9.17, 15) is 14.7 Å². The molecule has 0 unspecified atom stereocenters. The van der Waals surface area contributed by atoms with Gasteiger partial charge in [-0.1, -0.05) is 24.3 Å². The van der Waals surface area contributed by atoms with Gasteiger partial charge in [0, 0.05) is 7.05 Å².